The van der Waals surface area contributed by atoms with Crippen molar-refractivity contribution >= 4 is 18.0 Å². The average molecular weight is 351 g/mol. The van der Waals surface area contributed by atoms with Gasteiger partial charge in [-0.25, -0.2) is 9.59 Å². The van der Waals surface area contributed by atoms with Gasteiger partial charge < -0.3 is 19.9 Å². The van der Waals surface area contributed by atoms with Gasteiger partial charge >= 0.3 is 18.0 Å². The molecular weight excluding hydrogens is 326 g/mol. The smallest absolute Gasteiger partial charge is 0.408 e. The Labute approximate surface area is 147 Å². The fourth-order valence-electron chi connectivity index (χ4n) is 2.29. The Hall–Kier alpha value is -2.57. The lowest BCUT2D eigenvalue weighted by Crippen LogP contribution is -2.53. The molecule has 0 aliphatic carbocycles. The van der Waals surface area contributed by atoms with Gasteiger partial charge in [-0.2, -0.15) is 0 Å². The molecule has 0 unspecified atom stereocenters. The lowest BCUT2D eigenvalue weighted by molar-refractivity contribution is -0.148. The Kier molecular flexibility index (Phi) is 6.97. The lowest BCUT2D eigenvalue weighted by Gasteiger charge is -2.32. The number of aliphatic carboxylic acids is 1. The maximum atomic E-state index is 12.2. The van der Waals surface area contributed by atoms with E-state index >= 15 is 0 Å². The number of carboxylic acids is 1. The van der Waals surface area contributed by atoms with Crippen molar-refractivity contribution in [1.82, 2.24) is 5.32 Å². The first-order valence-electron chi connectivity index (χ1n) is 8.06. The van der Waals surface area contributed by atoms with E-state index in [-0.39, 0.29) is 19.4 Å². The van der Waals surface area contributed by atoms with Gasteiger partial charge in [0, 0.05) is 6.42 Å². The lowest BCUT2D eigenvalue weighted by atomic mass is 9.85. The van der Waals surface area contributed by atoms with Crippen LogP contribution in [-0.4, -0.2) is 35.3 Å². The van der Waals surface area contributed by atoms with Crippen LogP contribution >= 0.6 is 0 Å². The quantitative estimate of drug-likeness (QED) is 0.733. The third-order valence-electron chi connectivity index (χ3n) is 3.36. The molecule has 1 atom stereocenters. The zero-order valence-corrected chi connectivity index (χ0v) is 15.0. The Morgan fingerprint density at radius 3 is 2.20 bits per heavy atom. The van der Waals surface area contributed by atoms with Crippen molar-refractivity contribution in [3.8, 4) is 0 Å². The molecule has 7 nitrogen and oxygen atoms in total. The molecule has 0 heterocycles. The number of hydrogen-bond donors (Lipinski definition) is 2. The second-order valence-electron chi connectivity index (χ2n) is 6.51. The summed E-state index contributed by atoms with van der Waals surface area (Å²) in [5.41, 5.74) is -2.24. The first kappa shape index (κ1) is 20.5. The minimum Gasteiger partial charge on any atom is -0.479 e. The third-order valence-corrected chi connectivity index (χ3v) is 3.36. The first-order valence-corrected chi connectivity index (χ1v) is 8.06. The summed E-state index contributed by atoms with van der Waals surface area (Å²) in [7, 11) is 0. The molecule has 0 aliphatic rings. The molecule has 0 saturated carbocycles. The van der Waals surface area contributed by atoms with Crippen molar-refractivity contribution in [2.75, 3.05) is 6.61 Å². The molecule has 0 aliphatic heterocycles. The number of nitrogens with one attached hydrogen (secondary N) is 1. The summed E-state index contributed by atoms with van der Waals surface area (Å²) in [6, 6.07) is 8.21. The summed E-state index contributed by atoms with van der Waals surface area (Å²) in [6.45, 7) is 6.89. The van der Waals surface area contributed by atoms with Crippen LogP contribution in [0.3, 0.4) is 0 Å². The van der Waals surface area contributed by atoms with Gasteiger partial charge in [0.05, 0.1) is 6.61 Å². The van der Waals surface area contributed by atoms with Gasteiger partial charge in [0.15, 0.2) is 5.54 Å². The molecule has 1 amide bonds. The van der Waals surface area contributed by atoms with Gasteiger partial charge in [0.25, 0.3) is 0 Å². The van der Waals surface area contributed by atoms with Crippen molar-refractivity contribution in [3.05, 3.63) is 35.9 Å². The summed E-state index contributed by atoms with van der Waals surface area (Å²) in [5.74, 6) is -1.82. The van der Waals surface area contributed by atoms with Crippen LogP contribution in [0.2, 0.25) is 0 Å². The summed E-state index contributed by atoms with van der Waals surface area (Å²) < 4.78 is 10.1. The highest BCUT2D eigenvalue weighted by molar-refractivity contribution is 5.86. The number of benzene rings is 1. The van der Waals surface area contributed by atoms with Crippen LogP contribution in [0, 0.1) is 0 Å². The van der Waals surface area contributed by atoms with Crippen LogP contribution in [0.4, 0.5) is 4.79 Å². The molecule has 138 valence electrons. The SMILES string of the molecule is CCOC(=O)CC[C@](NC(=O)OC(C)(C)C)(C(=O)O)c1ccccc1. The minimum atomic E-state index is -1.80. The van der Waals surface area contributed by atoms with Gasteiger partial charge in [-0.05, 0) is 39.7 Å². The van der Waals surface area contributed by atoms with Gasteiger partial charge in [0.1, 0.15) is 5.60 Å². The molecule has 25 heavy (non-hydrogen) atoms. The Morgan fingerprint density at radius 1 is 1.12 bits per heavy atom. The van der Waals surface area contributed by atoms with Gasteiger partial charge in [0.2, 0.25) is 0 Å². The molecule has 1 aromatic rings. The van der Waals surface area contributed by atoms with Crippen LogP contribution in [0.5, 0.6) is 0 Å². The molecule has 0 fully saturated rings. The van der Waals surface area contributed by atoms with E-state index in [4.69, 9.17) is 9.47 Å². The Morgan fingerprint density at radius 2 is 1.72 bits per heavy atom. The molecule has 0 spiro atoms. The van der Waals surface area contributed by atoms with E-state index in [0.717, 1.165) is 0 Å². The molecule has 0 bridgehead atoms. The number of alkyl carbamates (subject to hydrolysis) is 1. The van der Waals surface area contributed by atoms with Crippen molar-refractivity contribution in [2.24, 2.45) is 0 Å². The normalized spacial score (nSPS) is 13.4. The van der Waals surface area contributed by atoms with Crippen molar-refractivity contribution in [1.29, 1.82) is 0 Å². The highest BCUT2D eigenvalue weighted by Gasteiger charge is 2.43. The Balaban J connectivity index is 3.16. The zero-order valence-electron chi connectivity index (χ0n) is 15.0. The van der Waals surface area contributed by atoms with E-state index in [1.54, 1.807) is 58.0 Å². The number of esters is 1. The highest BCUT2D eigenvalue weighted by atomic mass is 16.6. The zero-order chi connectivity index (χ0) is 19.1. The maximum absolute atomic E-state index is 12.2. The second kappa shape index (κ2) is 8.50. The topological polar surface area (TPSA) is 102 Å². The van der Waals surface area contributed by atoms with Crippen molar-refractivity contribution in [2.45, 2.75) is 51.7 Å². The van der Waals surface area contributed by atoms with Crippen LogP contribution < -0.4 is 5.32 Å². The number of amides is 1. The van der Waals surface area contributed by atoms with Crippen LogP contribution in [-0.2, 0) is 24.6 Å². The fourth-order valence-corrected chi connectivity index (χ4v) is 2.29. The number of hydrogen-bond acceptors (Lipinski definition) is 5. The van der Waals surface area contributed by atoms with Gasteiger partial charge in [-0.3, -0.25) is 4.79 Å². The molecule has 0 aromatic heterocycles. The molecular formula is C18H25NO6. The van der Waals surface area contributed by atoms with Crippen molar-refractivity contribution in [3.63, 3.8) is 0 Å². The van der Waals surface area contributed by atoms with Crippen LogP contribution in [0.1, 0.15) is 46.1 Å². The van der Waals surface area contributed by atoms with Gasteiger partial charge in [-0.1, -0.05) is 30.3 Å². The summed E-state index contributed by atoms with van der Waals surface area (Å²) in [4.78, 5) is 36.0. The summed E-state index contributed by atoms with van der Waals surface area (Å²) >= 11 is 0. The fraction of sp³-hybridized carbons (Fsp3) is 0.500. The molecule has 2 N–H and O–H groups in total. The van der Waals surface area contributed by atoms with Crippen molar-refractivity contribution < 1.29 is 29.0 Å². The van der Waals surface area contributed by atoms with E-state index in [0.29, 0.717) is 5.56 Å². The third kappa shape index (κ3) is 6.10. The molecule has 1 aromatic carbocycles. The highest BCUT2D eigenvalue weighted by Crippen LogP contribution is 2.28. The predicted octanol–water partition coefficient (Wildman–Crippen LogP) is 2.83. The maximum Gasteiger partial charge on any atom is 0.408 e. The van der Waals surface area contributed by atoms with E-state index in [9.17, 15) is 19.5 Å². The summed E-state index contributed by atoms with van der Waals surface area (Å²) in [5, 5.41) is 12.3. The number of rotatable bonds is 7. The van der Waals surface area contributed by atoms with E-state index in [2.05, 4.69) is 5.32 Å². The Bertz CT molecular complexity index is 608. The molecule has 7 heteroatoms. The number of carboxylic acid groups (broad SMARTS) is 1. The van der Waals surface area contributed by atoms with E-state index in [1.807, 2.05) is 0 Å². The molecule has 0 radical (unpaired) electrons. The van der Waals surface area contributed by atoms with E-state index < -0.39 is 29.2 Å². The number of carbonyl (C=O) groups is 3. The molecule has 1 rings (SSSR count). The minimum absolute atomic E-state index is 0.162. The van der Waals surface area contributed by atoms with Gasteiger partial charge in [-0.15, -0.1) is 0 Å². The summed E-state index contributed by atoms with van der Waals surface area (Å²) in [6.07, 6.45) is -1.20. The predicted molar refractivity (Wildman–Crippen MR) is 91.0 cm³/mol. The van der Waals surface area contributed by atoms with E-state index in [1.165, 1.54) is 0 Å². The van der Waals surface area contributed by atoms with Crippen LogP contribution in [0.25, 0.3) is 0 Å². The van der Waals surface area contributed by atoms with Crippen LogP contribution in [0.15, 0.2) is 30.3 Å². The number of ether oxygens (including phenoxy) is 2. The largest absolute Gasteiger partial charge is 0.479 e. The standard InChI is InChI=1S/C18H25NO6/c1-5-24-14(20)11-12-18(15(21)22,13-9-7-6-8-10-13)19-16(23)25-17(2,3)4/h6-10H,5,11-12H2,1-4H3,(H,19,23)(H,21,22)/t18-/m1/s1. The second-order valence-corrected chi connectivity index (χ2v) is 6.51. The average Bonchev–Trinajstić information content (AvgIpc) is 2.50. The number of carbonyl (C=O) groups excluding carboxylic acids is 2. The molecule has 0 saturated heterocycles. The first-order chi connectivity index (χ1) is 11.6. The monoisotopic (exact) mass is 351 g/mol.